The summed E-state index contributed by atoms with van der Waals surface area (Å²) < 4.78 is 17.8. The Labute approximate surface area is 180 Å². The van der Waals surface area contributed by atoms with E-state index < -0.39 is 15.6 Å². The van der Waals surface area contributed by atoms with Crippen LogP contribution in [0.3, 0.4) is 0 Å². The molecule has 166 valence electrons. The van der Waals surface area contributed by atoms with Crippen molar-refractivity contribution in [3.05, 3.63) is 13.8 Å². The molecule has 0 fully saturated rings. The fraction of sp³-hybridized carbons (Fsp3) is 0.875. The van der Waals surface area contributed by atoms with Gasteiger partial charge in [-0.1, -0.05) is 78.1 Å². The van der Waals surface area contributed by atoms with Gasteiger partial charge in [0.1, 0.15) is 0 Å². The van der Waals surface area contributed by atoms with Crippen LogP contribution in [0.15, 0.2) is 0 Å². The molecule has 6 N–H and O–H groups in total. The van der Waals surface area contributed by atoms with Crippen molar-refractivity contribution in [2.24, 2.45) is 0 Å². The van der Waals surface area contributed by atoms with Crippen LogP contribution in [-0.4, -0.2) is 29.4 Å². The average Bonchev–Trinajstić information content (AvgIpc) is 2.46. The summed E-state index contributed by atoms with van der Waals surface area (Å²) in [6.07, 6.45) is 16.0. The van der Waals surface area contributed by atoms with E-state index in [4.69, 9.17) is 38.5 Å². The average molecular weight is 470 g/mol. The monoisotopic (exact) mass is 470 g/mol. The van der Waals surface area contributed by atoms with Gasteiger partial charge in [0.2, 0.25) is 0 Å². The van der Waals surface area contributed by atoms with Crippen LogP contribution in [0.2, 0.25) is 0 Å². The van der Waals surface area contributed by atoms with Gasteiger partial charge in [0.25, 0.3) is 0 Å². The topological polar surface area (TPSA) is 156 Å². The molecule has 0 amide bonds. The number of unbranched alkanes of at least 4 members (excludes halogenated alkanes) is 10. The molecule has 0 saturated carbocycles. The minimum absolute atomic E-state index is 0. The number of hydrogen-bond donors (Lipinski definition) is 6. The van der Waals surface area contributed by atoms with E-state index in [1.807, 2.05) is 0 Å². The number of rotatable bonds is 10. The van der Waals surface area contributed by atoms with E-state index in [2.05, 4.69) is 27.7 Å². The molecule has 0 spiro atoms. The smallest absolute Gasteiger partial charge is 0.343 e. The van der Waals surface area contributed by atoms with Crippen LogP contribution in [0.5, 0.6) is 0 Å². The zero-order valence-corrected chi connectivity index (χ0v) is 20.1. The van der Waals surface area contributed by atoms with Gasteiger partial charge in [-0.3, -0.25) is 0 Å². The van der Waals surface area contributed by atoms with Gasteiger partial charge in [-0.25, -0.2) is 9.13 Å². The molecule has 0 aromatic heterocycles. The van der Waals surface area contributed by atoms with Crippen LogP contribution in [0, 0.1) is 13.8 Å². The third kappa shape index (κ3) is 140. The fourth-order valence-corrected chi connectivity index (χ4v) is 1.56. The first-order valence-corrected chi connectivity index (χ1v) is 12.1. The Balaban J connectivity index is -0.0000000807. The number of hydrogen-bond acceptors (Lipinski definition) is 2. The second-order valence-corrected chi connectivity index (χ2v) is 7.62. The van der Waals surface area contributed by atoms with E-state index >= 15 is 0 Å². The van der Waals surface area contributed by atoms with Crippen LogP contribution in [0.1, 0.15) is 90.9 Å². The molecule has 0 aromatic rings. The number of phosphoric acid groups is 2. The van der Waals surface area contributed by atoms with Crippen molar-refractivity contribution < 1.29 is 60.2 Å². The summed E-state index contributed by atoms with van der Waals surface area (Å²) in [6, 6.07) is 0. The first-order chi connectivity index (χ1) is 11.8. The maximum atomic E-state index is 8.88. The van der Waals surface area contributed by atoms with Crippen LogP contribution in [-0.2, 0) is 30.8 Å². The maximum Gasteiger partial charge on any atom is 2.00 e. The normalized spacial score (nSPS) is 10.1. The van der Waals surface area contributed by atoms with Crippen molar-refractivity contribution in [3.8, 4) is 0 Å². The summed E-state index contributed by atoms with van der Waals surface area (Å²) in [4.78, 5) is 43.1. The van der Waals surface area contributed by atoms with E-state index in [-0.39, 0.29) is 21.7 Å². The standard InChI is InChI=1S/2C8H17.2H3O4P.Ti/c2*1-3-5-7-8-6-4-2;2*1-5(2,3)4;/h2*1,3-8H2,2H3;2*(H3,1,2,3,4);/q2*-1;;;+2. The predicted octanol–water partition coefficient (Wildman–Crippen LogP) is 4.50. The molecular formula is C16H40O8P2Ti. The molecule has 0 unspecified atom stereocenters. The molecule has 0 heterocycles. The fourth-order valence-electron chi connectivity index (χ4n) is 1.56. The molecule has 0 atom stereocenters. The van der Waals surface area contributed by atoms with Crippen LogP contribution >= 0.6 is 15.6 Å². The van der Waals surface area contributed by atoms with Gasteiger partial charge in [-0.15, -0.1) is 0 Å². The van der Waals surface area contributed by atoms with Gasteiger partial charge in [0, 0.05) is 0 Å². The second kappa shape index (κ2) is 29.1. The van der Waals surface area contributed by atoms with Crippen molar-refractivity contribution in [3.63, 3.8) is 0 Å². The quantitative estimate of drug-likeness (QED) is 0.118. The van der Waals surface area contributed by atoms with Crippen molar-refractivity contribution in [1.82, 2.24) is 0 Å². The Morgan fingerprint density at radius 2 is 0.741 bits per heavy atom. The Bertz CT molecular complexity index is 274. The molecule has 0 aliphatic heterocycles. The van der Waals surface area contributed by atoms with Gasteiger partial charge >= 0.3 is 37.4 Å². The van der Waals surface area contributed by atoms with Gasteiger partial charge < -0.3 is 43.2 Å². The van der Waals surface area contributed by atoms with Gasteiger partial charge in [0.15, 0.2) is 0 Å². The SMILES string of the molecule is O=P(O)(O)O.O=P(O)(O)O.[CH2-]CCCCCCC.[CH2-]CCCCCCC.[Ti+2]. The Kier molecular flexibility index (Phi) is 41.6. The molecular weight excluding hydrogens is 430 g/mol. The van der Waals surface area contributed by atoms with E-state index in [1.165, 1.54) is 64.2 Å². The van der Waals surface area contributed by atoms with Crippen molar-refractivity contribution in [2.75, 3.05) is 0 Å². The molecule has 0 bridgehead atoms. The zero-order chi connectivity index (χ0) is 21.5. The zero-order valence-electron chi connectivity index (χ0n) is 16.8. The van der Waals surface area contributed by atoms with Crippen LogP contribution in [0.25, 0.3) is 0 Å². The molecule has 11 heteroatoms. The maximum absolute atomic E-state index is 8.88. The van der Waals surface area contributed by atoms with Crippen molar-refractivity contribution in [1.29, 1.82) is 0 Å². The summed E-state index contributed by atoms with van der Waals surface area (Å²) in [5, 5.41) is 0. The molecule has 0 aliphatic rings. The molecule has 0 rings (SSSR count). The van der Waals surface area contributed by atoms with Crippen LogP contribution < -0.4 is 0 Å². The minimum atomic E-state index is -4.64. The Hall–Kier alpha value is 0.934. The molecule has 27 heavy (non-hydrogen) atoms. The third-order valence-corrected chi connectivity index (χ3v) is 2.71. The van der Waals surface area contributed by atoms with E-state index in [9.17, 15) is 0 Å². The van der Waals surface area contributed by atoms with Crippen LogP contribution in [0.4, 0.5) is 0 Å². The third-order valence-electron chi connectivity index (χ3n) is 2.71. The Morgan fingerprint density at radius 1 is 0.556 bits per heavy atom. The summed E-state index contributed by atoms with van der Waals surface area (Å²) in [7, 11) is -9.28. The van der Waals surface area contributed by atoms with E-state index in [1.54, 1.807) is 0 Å². The predicted molar refractivity (Wildman–Crippen MR) is 106 cm³/mol. The second-order valence-electron chi connectivity index (χ2n) is 5.56. The van der Waals surface area contributed by atoms with Crippen molar-refractivity contribution in [2.45, 2.75) is 90.9 Å². The van der Waals surface area contributed by atoms with Crippen molar-refractivity contribution >= 4 is 15.6 Å². The molecule has 8 nitrogen and oxygen atoms in total. The first-order valence-electron chi connectivity index (χ1n) is 8.98. The summed E-state index contributed by atoms with van der Waals surface area (Å²) in [6.45, 7) is 12.0. The molecule has 0 saturated heterocycles. The molecule has 0 radical (unpaired) electrons. The molecule has 0 aromatic carbocycles. The summed E-state index contributed by atoms with van der Waals surface area (Å²) >= 11 is 0. The van der Waals surface area contributed by atoms with E-state index in [0.717, 1.165) is 12.8 Å². The summed E-state index contributed by atoms with van der Waals surface area (Å²) in [5.74, 6) is 0. The Morgan fingerprint density at radius 3 is 0.889 bits per heavy atom. The van der Waals surface area contributed by atoms with Gasteiger partial charge in [-0.2, -0.15) is 12.8 Å². The van der Waals surface area contributed by atoms with E-state index in [0.29, 0.717) is 0 Å². The molecule has 0 aliphatic carbocycles. The van der Waals surface area contributed by atoms with Gasteiger partial charge in [0.05, 0.1) is 0 Å². The first kappa shape index (κ1) is 38.5. The van der Waals surface area contributed by atoms with Gasteiger partial charge in [-0.05, 0) is 0 Å². The summed E-state index contributed by atoms with van der Waals surface area (Å²) in [5.41, 5.74) is 0. The minimum Gasteiger partial charge on any atom is -0.343 e. The largest absolute Gasteiger partial charge is 2.00 e.